The van der Waals surface area contributed by atoms with Crippen LogP contribution in [0, 0.1) is 12.8 Å². The minimum absolute atomic E-state index is 0.206. The topological polar surface area (TPSA) is 96.5 Å². The van der Waals surface area contributed by atoms with Gasteiger partial charge in [-0.2, -0.15) is 5.10 Å². The van der Waals surface area contributed by atoms with E-state index in [-0.39, 0.29) is 5.82 Å². The number of fused-ring (bicyclic) bond motifs is 1. The number of alkyl halides is 2. The Hall–Kier alpha value is -3.75. The Kier molecular flexibility index (Phi) is 4.05. The highest BCUT2D eigenvalue weighted by molar-refractivity contribution is 5.96. The molecular weight excluding hydrogens is 390 g/mol. The van der Waals surface area contributed by atoms with Crippen molar-refractivity contribution in [3.63, 3.8) is 0 Å². The molecule has 30 heavy (non-hydrogen) atoms. The Labute approximate surface area is 169 Å². The molecule has 5 rings (SSSR count). The summed E-state index contributed by atoms with van der Waals surface area (Å²) in [7, 11) is 0. The lowest BCUT2D eigenvalue weighted by Gasteiger charge is -2.09. The fraction of sp³-hybridized carbons (Fsp3) is 0.190. The molecule has 1 amide bonds. The number of halogens is 2. The van der Waals surface area contributed by atoms with Gasteiger partial charge in [0.25, 0.3) is 5.92 Å². The maximum absolute atomic E-state index is 13.0. The molecule has 1 aliphatic rings. The molecule has 4 heterocycles. The smallest absolute Gasteiger partial charge is 0.260 e. The normalized spacial score (nSPS) is 17.1. The van der Waals surface area contributed by atoms with E-state index < -0.39 is 24.2 Å². The number of hydrogen-bond donors (Lipinski definition) is 2. The third-order valence-corrected chi connectivity index (χ3v) is 5.16. The summed E-state index contributed by atoms with van der Waals surface area (Å²) in [6.07, 6.45) is 6.32. The number of amides is 1. The van der Waals surface area contributed by atoms with Gasteiger partial charge in [-0.1, -0.05) is 0 Å². The average molecular weight is 406 g/mol. The van der Waals surface area contributed by atoms with Crippen molar-refractivity contribution >= 4 is 22.6 Å². The number of aromatic amines is 1. The summed E-state index contributed by atoms with van der Waals surface area (Å²) < 4.78 is 26.1. The first kappa shape index (κ1) is 18.3. The Balaban J connectivity index is 1.41. The number of carbonyl (C=O) groups excluding carboxylic acids is 1. The predicted octanol–water partition coefficient (Wildman–Crippen LogP) is 3.98. The molecule has 7 nitrogen and oxygen atoms in total. The number of anilines is 1. The Bertz CT molecular complexity index is 1270. The van der Waals surface area contributed by atoms with E-state index >= 15 is 0 Å². The number of carbonyl (C=O) groups is 1. The van der Waals surface area contributed by atoms with Crippen molar-refractivity contribution in [1.29, 1.82) is 0 Å². The average Bonchev–Trinajstić information content (AvgIpc) is 3.12. The van der Waals surface area contributed by atoms with Gasteiger partial charge in [-0.15, -0.1) is 0 Å². The molecule has 0 aromatic carbocycles. The summed E-state index contributed by atoms with van der Waals surface area (Å²) >= 11 is 0. The van der Waals surface area contributed by atoms with E-state index in [4.69, 9.17) is 0 Å². The largest absolute Gasteiger partial charge is 0.310 e. The quantitative estimate of drug-likeness (QED) is 0.534. The highest BCUT2D eigenvalue weighted by Gasteiger charge is 2.61. The summed E-state index contributed by atoms with van der Waals surface area (Å²) in [4.78, 5) is 25.0. The zero-order valence-corrected chi connectivity index (χ0v) is 15.9. The summed E-state index contributed by atoms with van der Waals surface area (Å²) in [6, 6.07) is 7.32. The van der Waals surface area contributed by atoms with E-state index in [0.29, 0.717) is 5.52 Å². The van der Waals surface area contributed by atoms with Gasteiger partial charge >= 0.3 is 0 Å². The number of aromatic nitrogens is 5. The molecule has 0 spiro atoms. The fourth-order valence-electron chi connectivity index (χ4n) is 3.35. The molecule has 2 N–H and O–H groups in total. The highest BCUT2D eigenvalue weighted by Crippen LogP contribution is 2.49. The van der Waals surface area contributed by atoms with Crippen molar-refractivity contribution in [2.24, 2.45) is 5.92 Å². The second kappa shape index (κ2) is 6.65. The van der Waals surface area contributed by atoms with E-state index in [2.05, 4.69) is 30.5 Å². The SMILES string of the molecule is Cc1cc(-c2ccn[nH]2)ncc1-c1cnc2cc(NC(=O)[C@H]3CC3(F)F)ncc2c1. The van der Waals surface area contributed by atoms with Crippen LogP contribution in [0.3, 0.4) is 0 Å². The standard InChI is InChI=1S/C21H16F2N6O/c1-11-4-18(16-2-3-27-29-16)25-10-14(11)12-5-13-9-26-19(6-17(13)24-8-12)28-20(30)15-7-21(15,22)23/h2-6,8-10,15H,7H2,1H3,(H,27,29)(H,26,28,30)/t15-/m1/s1. The second-order valence-corrected chi connectivity index (χ2v) is 7.35. The van der Waals surface area contributed by atoms with Crippen LogP contribution in [0.4, 0.5) is 14.6 Å². The summed E-state index contributed by atoms with van der Waals surface area (Å²) in [5, 5.41) is 10.0. The highest BCUT2D eigenvalue weighted by atomic mass is 19.3. The van der Waals surface area contributed by atoms with Crippen LogP contribution in [0.25, 0.3) is 33.4 Å². The maximum Gasteiger partial charge on any atom is 0.260 e. The Morgan fingerprint density at radius 2 is 2.00 bits per heavy atom. The third kappa shape index (κ3) is 3.28. The summed E-state index contributed by atoms with van der Waals surface area (Å²) in [6.45, 7) is 1.99. The van der Waals surface area contributed by atoms with Crippen LogP contribution in [0.5, 0.6) is 0 Å². The van der Waals surface area contributed by atoms with E-state index in [1.807, 2.05) is 25.1 Å². The number of rotatable bonds is 4. The molecule has 1 saturated carbocycles. The molecule has 0 unspecified atom stereocenters. The first-order chi connectivity index (χ1) is 14.4. The van der Waals surface area contributed by atoms with Crippen LogP contribution in [0.1, 0.15) is 12.0 Å². The lowest BCUT2D eigenvalue weighted by Crippen LogP contribution is -2.18. The van der Waals surface area contributed by atoms with Gasteiger partial charge in [-0.25, -0.2) is 13.8 Å². The van der Waals surface area contributed by atoms with Gasteiger partial charge in [0.1, 0.15) is 11.7 Å². The zero-order valence-electron chi connectivity index (χ0n) is 15.9. The molecule has 1 aliphatic carbocycles. The van der Waals surface area contributed by atoms with E-state index in [0.717, 1.165) is 33.5 Å². The lowest BCUT2D eigenvalue weighted by molar-refractivity contribution is -0.119. The van der Waals surface area contributed by atoms with Crippen molar-refractivity contribution in [1.82, 2.24) is 25.1 Å². The predicted molar refractivity (Wildman–Crippen MR) is 107 cm³/mol. The minimum atomic E-state index is -2.91. The van der Waals surface area contributed by atoms with E-state index in [1.165, 1.54) is 0 Å². The molecule has 1 atom stereocenters. The molecule has 0 aliphatic heterocycles. The van der Waals surface area contributed by atoms with Gasteiger partial charge < -0.3 is 5.32 Å². The van der Waals surface area contributed by atoms with Crippen molar-refractivity contribution in [2.45, 2.75) is 19.3 Å². The number of H-pyrrole nitrogens is 1. The van der Waals surface area contributed by atoms with Crippen LogP contribution < -0.4 is 5.32 Å². The molecule has 0 bridgehead atoms. The third-order valence-electron chi connectivity index (χ3n) is 5.16. The minimum Gasteiger partial charge on any atom is -0.310 e. The summed E-state index contributed by atoms with van der Waals surface area (Å²) in [5.41, 5.74) is 5.07. The molecule has 4 aromatic rings. The molecule has 150 valence electrons. The number of pyridine rings is 3. The first-order valence-electron chi connectivity index (χ1n) is 9.32. The van der Waals surface area contributed by atoms with Gasteiger partial charge in [-0.3, -0.25) is 19.9 Å². The van der Waals surface area contributed by atoms with Gasteiger partial charge in [0.05, 0.1) is 16.9 Å². The Morgan fingerprint density at radius 3 is 2.70 bits per heavy atom. The van der Waals surface area contributed by atoms with Gasteiger partial charge in [-0.05, 0) is 30.7 Å². The first-order valence-corrected chi connectivity index (χ1v) is 9.32. The van der Waals surface area contributed by atoms with Crippen LogP contribution in [0.15, 0.2) is 49.1 Å². The summed E-state index contributed by atoms with van der Waals surface area (Å²) in [5.74, 6) is -4.70. The monoisotopic (exact) mass is 406 g/mol. The van der Waals surface area contributed by atoms with Crippen LogP contribution in [-0.4, -0.2) is 37.0 Å². The maximum atomic E-state index is 13.0. The molecule has 4 aromatic heterocycles. The van der Waals surface area contributed by atoms with Crippen molar-refractivity contribution < 1.29 is 13.6 Å². The van der Waals surface area contributed by atoms with Crippen molar-refractivity contribution in [3.8, 4) is 22.5 Å². The van der Waals surface area contributed by atoms with Crippen LogP contribution in [0.2, 0.25) is 0 Å². The molecular formula is C21H16F2N6O. The van der Waals surface area contributed by atoms with E-state index in [1.54, 1.807) is 30.9 Å². The van der Waals surface area contributed by atoms with Crippen molar-refractivity contribution in [3.05, 3.63) is 54.6 Å². The number of nitrogens with zero attached hydrogens (tertiary/aromatic N) is 4. The molecule has 1 fully saturated rings. The van der Waals surface area contributed by atoms with Gasteiger partial charge in [0.2, 0.25) is 5.91 Å². The van der Waals surface area contributed by atoms with Gasteiger partial charge in [0.15, 0.2) is 0 Å². The number of aryl methyl sites for hydroxylation is 1. The molecule has 0 radical (unpaired) electrons. The van der Waals surface area contributed by atoms with Gasteiger partial charge in [0, 0.05) is 53.8 Å². The second-order valence-electron chi connectivity index (χ2n) is 7.35. The molecule has 0 saturated heterocycles. The van der Waals surface area contributed by atoms with Crippen LogP contribution in [-0.2, 0) is 4.79 Å². The van der Waals surface area contributed by atoms with E-state index in [9.17, 15) is 13.6 Å². The Morgan fingerprint density at radius 1 is 1.17 bits per heavy atom. The van der Waals surface area contributed by atoms with Crippen LogP contribution >= 0.6 is 0 Å². The zero-order chi connectivity index (χ0) is 20.9. The fourth-order valence-corrected chi connectivity index (χ4v) is 3.35. The lowest BCUT2D eigenvalue weighted by atomic mass is 10.0. The number of hydrogen-bond acceptors (Lipinski definition) is 5. The molecule has 9 heteroatoms. The number of nitrogens with one attached hydrogen (secondary N) is 2. The van der Waals surface area contributed by atoms with Crippen molar-refractivity contribution in [2.75, 3.05) is 5.32 Å².